The molecule has 0 fully saturated rings. The highest BCUT2D eigenvalue weighted by Crippen LogP contribution is 2.29. The number of methoxy groups -OCH3 is 1. The van der Waals surface area contributed by atoms with Crippen LogP contribution in [0.15, 0.2) is 42.5 Å². The van der Waals surface area contributed by atoms with Gasteiger partial charge >= 0.3 is 0 Å². The fraction of sp³-hybridized carbons (Fsp3) is 0.429. The van der Waals surface area contributed by atoms with E-state index in [0.29, 0.717) is 6.61 Å². The van der Waals surface area contributed by atoms with Gasteiger partial charge in [0.25, 0.3) is 0 Å². The van der Waals surface area contributed by atoms with Gasteiger partial charge in [0.05, 0.1) is 7.11 Å². The summed E-state index contributed by atoms with van der Waals surface area (Å²) in [5.74, 6) is 1.52. The van der Waals surface area contributed by atoms with Crippen molar-refractivity contribution in [1.29, 1.82) is 0 Å². The van der Waals surface area contributed by atoms with Crippen LogP contribution in [0.1, 0.15) is 43.7 Å². The highest BCUT2D eigenvalue weighted by Gasteiger charge is 2.06. The lowest BCUT2D eigenvalue weighted by Crippen LogP contribution is -2.14. The molecule has 0 heterocycles. The topological polar surface area (TPSA) is 30.5 Å². The molecule has 136 valence electrons. The maximum Gasteiger partial charge on any atom is 0.161 e. The van der Waals surface area contributed by atoms with Crippen LogP contribution in [0, 0.1) is 0 Å². The summed E-state index contributed by atoms with van der Waals surface area (Å²) in [6, 6.07) is 13.8. The molecule has 0 aromatic heterocycles. The van der Waals surface area contributed by atoms with Crippen LogP contribution in [0.25, 0.3) is 0 Å². The van der Waals surface area contributed by atoms with Gasteiger partial charge in [-0.2, -0.15) is 0 Å². The molecule has 0 unspecified atom stereocenters. The summed E-state index contributed by atoms with van der Waals surface area (Å²) in [4.78, 5) is 0. The quantitative estimate of drug-likeness (QED) is 0.528. The minimum absolute atomic E-state index is 0.489. The van der Waals surface area contributed by atoms with Gasteiger partial charge in [-0.15, -0.1) is 0 Å². The minimum atomic E-state index is 0.489. The molecule has 0 spiro atoms. The van der Waals surface area contributed by atoms with Crippen molar-refractivity contribution >= 4 is 11.6 Å². The Hall–Kier alpha value is -1.71. The minimum Gasteiger partial charge on any atom is -0.493 e. The van der Waals surface area contributed by atoms with E-state index in [-0.39, 0.29) is 0 Å². The lowest BCUT2D eigenvalue weighted by Gasteiger charge is -2.13. The lowest BCUT2D eigenvalue weighted by molar-refractivity contribution is 0.284. The van der Waals surface area contributed by atoms with Gasteiger partial charge in [0.15, 0.2) is 11.5 Å². The van der Waals surface area contributed by atoms with E-state index in [1.165, 1.54) is 31.2 Å². The molecule has 2 aromatic carbocycles. The normalized spacial score (nSPS) is 10.7. The molecule has 0 amide bonds. The van der Waals surface area contributed by atoms with Gasteiger partial charge in [-0.1, -0.05) is 56.0 Å². The number of hydrogen-bond acceptors (Lipinski definition) is 3. The zero-order chi connectivity index (χ0) is 17.9. The number of hydrogen-bond donors (Lipinski definition) is 1. The molecule has 4 heteroatoms. The summed E-state index contributed by atoms with van der Waals surface area (Å²) in [7, 11) is 1.67. The highest BCUT2D eigenvalue weighted by molar-refractivity contribution is 6.30. The number of unbranched alkanes of at least 4 members (excludes halogenated alkanes) is 3. The predicted molar refractivity (Wildman–Crippen MR) is 105 cm³/mol. The zero-order valence-corrected chi connectivity index (χ0v) is 15.9. The van der Waals surface area contributed by atoms with Gasteiger partial charge < -0.3 is 14.8 Å². The Morgan fingerprint density at radius 3 is 2.40 bits per heavy atom. The molecule has 0 aliphatic carbocycles. The number of nitrogens with one attached hydrogen (secondary N) is 1. The SMILES string of the molecule is CCCCCCNCc1ccc(OCc2ccc(Cl)cc2)c(OC)c1. The molecule has 0 radical (unpaired) electrons. The Bertz CT molecular complexity index is 628. The molecule has 0 aliphatic heterocycles. The second kappa shape index (κ2) is 11.0. The van der Waals surface area contributed by atoms with E-state index in [4.69, 9.17) is 21.1 Å². The van der Waals surface area contributed by atoms with E-state index in [2.05, 4.69) is 18.3 Å². The molecule has 0 saturated heterocycles. The predicted octanol–water partition coefficient (Wildman–Crippen LogP) is 5.60. The largest absolute Gasteiger partial charge is 0.493 e. The maximum absolute atomic E-state index is 5.90. The van der Waals surface area contributed by atoms with Crippen molar-refractivity contribution in [3.63, 3.8) is 0 Å². The van der Waals surface area contributed by atoms with Crippen molar-refractivity contribution < 1.29 is 9.47 Å². The summed E-state index contributed by atoms with van der Waals surface area (Å²) < 4.78 is 11.4. The fourth-order valence-corrected chi connectivity index (χ4v) is 2.72. The Labute approximate surface area is 156 Å². The molecule has 2 aromatic rings. The van der Waals surface area contributed by atoms with E-state index in [1.54, 1.807) is 7.11 Å². The highest BCUT2D eigenvalue weighted by atomic mass is 35.5. The van der Waals surface area contributed by atoms with Crippen LogP contribution in [0.4, 0.5) is 0 Å². The van der Waals surface area contributed by atoms with Crippen LogP contribution in [0.3, 0.4) is 0 Å². The molecule has 0 atom stereocenters. The number of halogens is 1. The molecule has 0 saturated carbocycles. The Kier molecular flexibility index (Phi) is 8.64. The van der Waals surface area contributed by atoms with Gasteiger partial charge in [0.1, 0.15) is 6.61 Å². The summed E-state index contributed by atoms with van der Waals surface area (Å²) in [6.07, 6.45) is 5.11. The van der Waals surface area contributed by atoms with Gasteiger partial charge in [-0.05, 0) is 48.4 Å². The fourth-order valence-electron chi connectivity index (χ4n) is 2.59. The Balaban J connectivity index is 1.84. The van der Waals surface area contributed by atoms with Crippen LogP contribution in [-0.2, 0) is 13.2 Å². The van der Waals surface area contributed by atoms with E-state index in [9.17, 15) is 0 Å². The first kappa shape index (κ1) is 19.6. The number of benzene rings is 2. The maximum atomic E-state index is 5.90. The van der Waals surface area contributed by atoms with E-state index in [0.717, 1.165) is 35.2 Å². The number of ether oxygens (including phenoxy) is 2. The van der Waals surface area contributed by atoms with Gasteiger partial charge in [0.2, 0.25) is 0 Å². The van der Waals surface area contributed by atoms with Crippen LogP contribution < -0.4 is 14.8 Å². The van der Waals surface area contributed by atoms with Crippen molar-refractivity contribution in [3.05, 3.63) is 58.6 Å². The van der Waals surface area contributed by atoms with Crippen molar-refractivity contribution in [2.24, 2.45) is 0 Å². The Morgan fingerprint density at radius 1 is 0.920 bits per heavy atom. The first-order valence-electron chi connectivity index (χ1n) is 8.97. The number of rotatable bonds is 11. The van der Waals surface area contributed by atoms with Gasteiger partial charge in [0, 0.05) is 11.6 Å². The van der Waals surface area contributed by atoms with Crippen LogP contribution >= 0.6 is 11.6 Å². The second-order valence-corrected chi connectivity index (χ2v) is 6.57. The average molecular weight is 362 g/mol. The van der Waals surface area contributed by atoms with Crippen molar-refractivity contribution in [2.45, 2.75) is 45.8 Å². The third-order valence-corrected chi connectivity index (χ3v) is 4.32. The molecule has 3 nitrogen and oxygen atoms in total. The van der Waals surface area contributed by atoms with E-state index >= 15 is 0 Å². The van der Waals surface area contributed by atoms with Crippen LogP contribution in [-0.4, -0.2) is 13.7 Å². The first-order chi connectivity index (χ1) is 12.2. The Morgan fingerprint density at radius 2 is 1.68 bits per heavy atom. The molecular formula is C21H28ClNO2. The van der Waals surface area contributed by atoms with Crippen LogP contribution in [0.5, 0.6) is 11.5 Å². The second-order valence-electron chi connectivity index (χ2n) is 6.14. The summed E-state index contributed by atoms with van der Waals surface area (Å²) in [5, 5.41) is 4.22. The molecule has 0 aliphatic rings. The van der Waals surface area contributed by atoms with Gasteiger partial charge in [-0.3, -0.25) is 0 Å². The van der Waals surface area contributed by atoms with Crippen LogP contribution in [0.2, 0.25) is 5.02 Å². The van der Waals surface area contributed by atoms with E-state index < -0.39 is 0 Å². The zero-order valence-electron chi connectivity index (χ0n) is 15.2. The smallest absolute Gasteiger partial charge is 0.161 e. The van der Waals surface area contributed by atoms with Crippen molar-refractivity contribution in [1.82, 2.24) is 5.32 Å². The lowest BCUT2D eigenvalue weighted by atomic mass is 10.2. The summed E-state index contributed by atoms with van der Waals surface area (Å²) in [6.45, 7) is 4.62. The van der Waals surface area contributed by atoms with E-state index in [1.807, 2.05) is 36.4 Å². The van der Waals surface area contributed by atoms with Gasteiger partial charge in [-0.25, -0.2) is 0 Å². The molecule has 1 N–H and O–H groups in total. The standard InChI is InChI=1S/C21H28ClNO2/c1-3-4-5-6-13-23-15-18-9-12-20(21(14-18)24-2)25-16-17-7-10-19(22)11-8-17/h7-12,14,23H,3-6,13,15-16H2,1-2H3. The average Bonchev–Trinajstić information content (AvgIpc) is 2.64. The summed E-state index contributed by atoms with van der Waals surface area (Å²) >= 11 is 5.90. The third kappa shape index (κ3) is 6.97. The molecular weight excluding hydrogens is 334 g/mol. The molecule has 0 bridgehead atoms. The monoisotopic (exact) mass is 361 g/mol. The third-order valence-electron chi connectivity index (χ3n) is 4.07. The first-order valence-corrected chi connectivity index (χ1v) is 9.35. The van der Waals surface area contributed by atoms with Crippen molar-refractivity contribution in [3.8, 4) is 11.5 Å². The molecule has 2 rings (SSSR count). The molecule has 25 heavy (non-hydrogen) atoms. The van der Waals surface area contributed by atoms with Crippen molar-refractivity contribution in [2.75, 3.05) is 13.7 Å². The summed E-state index contributed by atoms with van der Waals surface area (Å²) in [5.41, 5.74) is 2.27.